The number of nitrogens with two attached hydrogens (primary N) is 1. The average Bonchev–Trinajstić information content (AvgIpc) is 2.20. The van der Waals surface area contributed by atoms with E-state index in [2.05, 4.69) is 12.2 Å². The van der Waals surface area contributed by atoms with Gasteiger partial charge in [0.05, 0.1) is 0 Å². The zero-order chi connectivity index (χ0) is 10.6. The number of rotatable bonds is 10. The van der Waals surface area contributed by atoms with Gasteiger partial charge < -0.3 is 16.2 Å². The molecule has 0 bridgehead atoms. The van der Waals surface area contributed by atoms with Crippen molar-refractivity contribution in [3.8, 4) is 0 Å². The largest absolute Gasteiger partial charge is 0.396 e. The van der Waals surface area contributed by atoms with Crippen LogP contribution in [0, 0.1) is 0 Å². The first-order chi connectivity index (χ1) is 6.81. The highest BCUT2D eigenvalue weighted by atomic mass is 16.2. The molecule has 4 N–H and O–H groups in total. The highest BCUT2D eigenvalue weighted by molar-refractivity contribution is 4.64. The first-order valence-corrected chi connectivity index (χ1v) is 5.88. The fourth-order valence-electron chi connectivity index (χ4n) is 1.39. The van der Waals surface area contributed by atoms with E-state index in [1.165, 1.54) is 12.8 Å². The summed E-state index contributed by atoms with van der Waals surface area (Å²) in [7, 11) is 0. The molecule has 0 amide bonds. The van der Waals surface area contributed by atoms with Crippen LogP contribution in [-0.4, -0.2) is 30.8 Å². The van der Waals surface area contributed by atoms with Gasteiger partial charge in [-0.1, -0.05) is 19.8 Å². The lowest BCUT2D eigenvalue weighted by Crippen LogP contribution is -2.34. The van der Waals surface area contributed by atoms with Crippen LogP contribution in [-0.2, 0) is 0 Å². The quantitative estimate of drug-likeness (QED) is 0.467. The molecule has 0 aromatic carbocycles. The SMILES string of the molecule is CCCCC(N)CNCCCCCO. The second-order valence-electron chi connectivity index (χ2n) is 3.89. The lowest BCUT2D eigenvalue weighted by Gasteiger charge is -2.11. The first kappa shape index (κ1) is 13.9. The van der Waals surface area contributed by atoms with Crippen LogP contribution in [0.25, 0.3) is 0 Å². The van der Waals surface area contributed by atoms with Crippen molar-refractivity contribution >= 4 is 0 Å². The molecule has 0 aromatic rings. The Morgan fingerprint density at radius 1 is 1.21 bits per heavy atom. The second kappa shape index (κ2) is 11.0. The van der Waals surface area contributed by atoms with Crippen molar-refractivity contribution in [2.45, 2.75) is 51.5 Å². The molecule has 3 nitrogen and oxygen atoms in total. The zero-order valence-electron chi connectivity index (χ0n) is 9.47. The molecule has 0 heterocycles. The lowest BCUT2D eigenvalue weighted by molar-refractivity contribution is 0.282. The fourth-order valence-corrected chi connectivity index (χ4v) is 1.39. The maximum atomic E-state index is 8.57. The Morgan fingerprint density at radius 3 is 2.64 bits per heavy atom. The van der Waals surface area contributed by atoms with Gasteiger partial charge >= 0.3 is 0 Å². The Bertz CT molecular complexity index is 109. The molecule has 1 atom stereocenters. The molecule has 0 spiro atoms. The summed E-state index contributed by atoms with van der Waals surface area (Å²) in [5, 5.41) is 11.9. The maximum Gasteiger partial charge on any atom is 0.0431 e. The first-order valence-electron chi connectivity index (χ1n) is 5.88. The minimum Gasteiger partial charge on any atom is -0.396 e. The van der Waals surface area contributed by atoms with Crippen LogP contribution < -0.4 is 11.1 Å². The predicted molar refractivity (Wildman–Crippen MR) is 61.3 cm³/mol. The molecule has 1 unspecified atom stereocenters. The summed E-state index contributed by atoms with van der Waals surface area (Å²) in [4.78, 5) is 0. The normalized spacial score (nSPS) is 13.1. The molecule has 0 saturated carbocycles. The molecular formula is C11H26N2O. The van der Waals surface area contributed by atoms with Gasteiger partial charge in [-0.3, -0.25) is 0 Å². The van der Waals surface area contributed by atoms with Crippen LogP contribution >= 0.6 is 0 Å². The summed E-state index contributed by atoms with van der Waals surface area (Å²) >= 11 is 0. The fraction of sp³-hybridized carbons (Fsp3) is 1.00. The van der Waals surface area contributed by atoms with E-state index in [4.69, 9.17) is 10.8 Å². The number of hydrogen-bond donors (Lipinski definition) is 3. The van der Waals surface area contributed by atoms with Gasteiger partial charge in [0.2, 0.25) is 0 Å². The molecule has 0 aliphatic carbocycles. The third kappa shape index (κ3) is 9.96. The number of aliphatic hydroxyl groups excluding tert-OH is 1. The Morgan fingerprint density at radius 2 is 2.00 bits per heavy atom. The molecule has 0 radical (unpaired) electrons. The third-order valence-corrected chi connectivity index (χ3v) is 2.35. The molecule has 0 aromatic heterocycles. The van der Waals surface area contributed by atoms with Gasteiger partial charge in [0.15, 0.2) is 0 Å². The van der Waals surface area contributed by atoms with Crippen LogP contribution in [0.15, 0.2) is 0 Å². The summed E-state index contributed by atoms with van der Waals surface area (Å²) in [5.41, 5.74) is 5.90. The van der Waals surface area contributed by atoms with E-state index in [1.54, 1.807) is 0 Å². The van der Waals surface area contributed by atoms with E-state index in [0.29, 0.717) is 12.6 Å². The Balaban J connectivity index is 3.02. The van der Waals surface area contributed by atoms with E-state index >= 15 is 0 Å². The standard InChI is InChI=1S/C11H26N2O/c1-2-3-7-11(12)10-13-8-5-4-6-9-14/h11,13-14H,2-10,12H2,1H3. The van der Waals surface area contributed by atoms with Gasteiger partial charge in [-0.15, -0.1) is 0 Å². The van der Waals surface area contributed by atoms with Crippen molar-refractivity contribution < 1.29 is 5.11 Å². The minimum atomic E-state index is 0.313. The third-order valence-electron chi connectivity index (χ3n) is 2.35. The van der Waals surface area contributed by atoms with Gasteiger partial charge in [-0.05, 0) is 32.2 Å². The summed E-state index contributed by atoms with van der Waals surface area (Å²) in [6, 6.07) is 0.313. The molecule has 0 fully saturated rings. The molecule has 14 heavy (non-hydrogen) atoms. The Hall–Kier alpha value is -0.120. The lowest BCUT2D eigenvalue weighted by atomic mass is 10.1. The van der Waals surface area contributed by atoms with Gasteiger partial charge in [-0.25, -0.2) is 0 Å². The molecule has 0 aliphatic rings. The smallest absolute Gasteiger partial charge is 0.0431 e. The van der Waals surface area contributed by atoms with Crippen molar-refractivity contribution in [2.24, 2.45) is 5.73 Å². The van der Waals surface area contributed by atoms with E-state index in [0.717, 1.165) is 38.8 Å². The zero-order valence-corrected chi connectivity index (χ0v) is 9.47. The summed E-state index contributed by atoms with van der Waals surface area (Å²) in [6.07, 6.45) is 6.75. The summed E-state index contributed by atoms with van der Waals surface area (Å²) < 4.78 is 0. The van der Waals surface area contributed by atoms with Crippen LogP contribution in [0.5, 0.6) is 0 Å². The number of nitrogens with one attached hydrogen (secondary N) is 1. The van der Waals surface area contributed by atoms with Crippen LogP contribution in [0.1, 0.15) is 45.4 Å². The van der Waals surface area contributed by atoms with E-state index in [-0.39, 0.29) is 0 Å². The minimum absolute atomic E-state index is 0.313. The van der Waals surface area contributed by atoms with E-state index in [1.807, 2.05) is 0 Å². The predicted octanol–water partition coefficient (Wildman–Crippen LogP) is 1.26. The Labute approximate surface area is 88.1 Å². The van der Waals surface area contributed by atoms with E-state index in [9.17, 15) is 0 Å². The molecule has 0 aliphatic heterocycles. The molecule has 0 rings (SSSR count). The van der Waals surface area contributed by atoms with Gasteiger partial charge in [-0.2, -0.15) is 0 Å². The van der Waals surface area contributed by atoms with Crippen molar-refractivity contribution in [1.29, 1.82) is 0 Å². The Kier molecular flexibility index (Phi) is 10.9. The number of unbranched alkanes of at least 4 members (excludes halogenated alkanes) is 3. The summed E-state index contributed by atoms with van der Waals surface area (Å²) in [5.74, 6) is 0. The highest BCUT2D eigenvalue weighted by Crippen LogP contribution is 1.97. The van der Waals surface area contributed by atoms with Crippen LogP contribution in [0.2, 0.25) is 0 Å². The van der Waals surface area contributed by atoms with Gasteiger partial charge in [0, 0.05) is 19.2 Å². The topological polar surface area (TPSA) is 58.3 Å². The molecular weight excluding hydrogens is 176 g/mol. The highest BCUT2D eigenvalue weighted by Gasteiger charge is 1.99. The van der Waals surface area contributed by atoms with Crippen LogP contribution in [0.4, 0.5) is 0 Å². The maximum absolute atomic E-state index is 8.57. The number of hydrogen-bond acceptors (Lipinski definition) is 3. The van der Waals surface area contributed by atoms with Crippen molar-refractivity contribution in [3.05, 3.63) is 0 Å². The average molecular weight is 202 g/mol. The second-order valence-corrected chi connectivity index (χ2v) is 3.89. The molecule has 3 heteroatoms. The summed E-state index contributed by atoms with van der Waals surface area (Å²) in [6.45, 7) is 4.46. The van der Waals surface area contributed by atoms with Gasteiger partial charge in [0.1, 0.15) is 0 Å². The van der Waals surface area contributed by atoms with Gasteiger partial charge in [0.25, 0.3) is 0 Å². The molecule has 86 valence electrons. The van der Waals surface area contributed by atoms with Crippen molar-refractivity contribution in [2.75, 3.05) is 19.7 Å². The molecule has 0 saturated heterocycles. The number of aliphatic hydroxyl groups is 1. The van der Waals surface area contributed by atoms with Crippen molar-refractivity contribution in [1.82, 2.24) is 5.32 Å². The van der Waals surface area contributed by atoms with Crippen molar-refractivity contribution in [3.63, 3.8) is 0 Å². The monoisotopic (exact) mass is 202 g/mol. The van der Waals surface area contributed by atoms with E-state index < -0.39 is 0 Å². The van der Waals surface area contributed by atoms with Crippen LogP contribution in [0.3, 0.4) is 0 Å².